The van der Waals surface area contributed by atoms with Crippen LogP contribution in [0.5, 0.6) is 0 Å². The molecule has 0 unspecified atom stereocenters. The number of amides is 1. The molecule has 132 valence electrons. The molecule has 0 saturated heterocycles. The summed E-state index contributed by atoms with van der Waals surface area (Å²) in [6.45, 7) is 3.35. The van der Waals surface area contributed by atoms with Crippen molar-refractivity contribution in [1.29, 1.82) is 0 Å². The fourth-order valence-electron chi connectivity index (χ4n) is 2.84. The molecule has 0 radical (unpaired) electrons. The van der Waals surface area contributed by atoms with E-state index in [1.54, 1.807) is 13.8 Å². The second-order valence-corrected chi connectivity index (χ2v) is 5.97. The number of benzene rings is 2. The zero-order valence-corrected chi connectivity index (χ0v) is 14.2. The molecule has 2 aromatic carbocycles. The van der Waals surface area contributed by atoms with Crippen molar-refractivity contribution in [2.45, 2.75) is 13.8 Å². The monoisotopic (exact) mass is 354 g/mol. The van der Waals surface area contributed by atoms with Crippen LogP contribution < -0.4 is 10.7 Å². The third kappa shape index (κ3) is 3.54. The maximum atomic E-state index is 13.5. The van der Waals surface area contributed by atoms with Gasteiger partial charge in [-0.05, 0) is 61.9 Å². The molecule has 0 fully saturated rings. The second-order valence-electron chi connectivity index (χ2n) is 5.97. The number of H-pyrrole nitrogens is 1. The smallest absolute Gasteiger partial charge is 0.248 e. The van der Waals surface area contributed by atoms with Gasteiger partial charge in [-0.2, -0.15) is 0 Å². The van der Waals surface area contributed by atoms with E-state index in [4.69, 9.17) is 0 Å². The Labute approximate surface area is 148 Å². The molecule has 0 saturated carbocycles. The van der Waals surface area contributed by atoms with E-state index in [1.165, 1.54) is 48.5 Å². The van der Waals surface area contributed by atoms with Crippen LogP contribution >= 0.6 is 0 Å². The molecule has 3 aromatic rings. The van der Waals surface area contributed by atoms with E-state index >= 15 is 0 Å². The lowest BCUT2D eigenvalue weighted by Crippen LogP contribution is -2.14. The van der Waals surface area contributed by atoms with Crippen molar-refractivity contribution in [2.24, 2.45) is 0 Å². The predicted molar refractivity (Wildman–Crippen MR) is 97.9 cm³/mol. The summed E-state index contributed by atoms with van der Waals surface area (Å²) >= 11 is 0. The molecule has 0 aliphatic heterocycles. The third-order valence-corrected chi connectivity index (χ3v) is 4.00. The number of anilines is 1. The van der Waals surface area contributed by atoms with Crippen LogP contribution in [0, 0.1) is 18.6 Å². The number of pyridine rings is 1. The highest BCUT2D eigenvalue weighted by Gasteiger charge is 2.13. The Hall–Kier alpha value is -3.28. The van der Waals surface area contributed by atoms with Gasteiger partial charge >= 0.3 is 0 Å². The van der Waals surface area contributed by atoms with Gasteiger partial charge < -0.3 is 10.3 Å². The largest absolute Gasteiger partial charge is 0.358 e. The number of fused-ring (bicyclic) bond motifs is 1. The number of allylic oxidation sites excluding steroid dienone is 1. The Kier molecular flexibility index (Phi) is 4.67. The Balaban J connectivity index is 1.97. The minimum Gasteiger partial charge on any atom is -0.358 e. The van der Waals surface area contributed by atoms with Gasteiger partial charge in [0.05, 0.1) is 0 Å². The standard InChI is InChI=1S/C20H16F2N2O2/c1-11(9-18(25)24-15-6-3-13(21)4-7-15)19-12(2)23-17-8-5-14(22)10-16(17)20(19)26/h3-10H,1-2H3,(H,23,26)(H,24,25). The van der Waals surface area contributed by atoms with E-state index in [2.05, 4.69) is 10.3 Å². The lowest BCUT2D eigenvalue weighted by Gasteiger charge is -2.09. The number of aromatic amines is 1. The van der Waals surface area contributed by atoms with E-state index < -0.39 is 17.5 Å². The van der Waals surface area contributed by atoms with Crippen molar-refractivity contribution in [3.8, 4) is 0 Å². The summed E-state index contributed by atoms with van der Waals surface area (Å²) in [5.74, 6) is -1.36. The summed E-state index contributed by atoms with van der Waals surface area (Å²) in [5, 5.41) is 2.82. The van der Waals surface area contributed by atoms with Gasteiger partial charge in [-0.1, -0.05) is 0 Å². The van der Waals surface area contributed by atoms with Gasteiger partial charge in [0, 0.05) is 33.9 Å². The minimum absolute atomic E-state index is 0.220. The number of halogens is 2. The molecule has 1 amide bonds. The average Bonchev–Trinajstić information content (AvgIpc) is 2.57. The number of aryl methyl sites for hydroxylation is 1. The van der Waals surface area contributed by atoms with Gasteiger partial charge in [-0.25, -0.2) is 8.78 Å². The zero-order chi connectivity index (χ0) is 18.8. The quantitative estimate of drug-likeness (QED) is 0.694. The van der Waals surface area contributed by atoms with Gasteiger partial charge in [0.15, 0.2) is 5.43 Å². The predicted octanol–water partition coefficient (Wildman–Crippen LogP) is 4.16. The summed E-state index contributed by atoms with van der Waals surface area (Å²) in [6, 6.07) is 9.29. The fraction of sp³-hybridized carbons (Fsp3) is 0.100. The van der Waals surface area contributed by atoms with Crippen LogP contribution in [0.3, 0.4) is 0 Å². The van der Waals surface area contributed by atoms with Gasteiger partial charge in [-0.15, -0.1) is 0 Å². The maximum Gasteiger partial charge on any atom is 0.248 e. The Morgan fingerprint density at radius 3 is 2.42 bits per heavy atom. The highest BCUT2D eigenvalue weighted by molar-refractivity contribution is 6.04. The summed E-state index contributed by atoms with van der Waals surface area (Å²) < 4.78 is 26.4. The molecule has 3 rings (SSSR count). The SMILES string of the molecule is CC(=CC(=O)Nc1ccc(F)cc1)c1c(C)[nH]c2ccc(F)cc2c1=O. The summed E-state index contributed by atoms with van der Waals surface area (Å²) in [5.41, 5.74) is 1.95. The lowest BCUT2D eigenvalue weighted by atomic mass is 10.0. The highest BCUT2D eigenvalue weighted by Crippen LogP contribution is 2.19. The molecular weight excluding hydrogens is 338 g/mol. The van der Waals surface area contributed by atoms with E-state index in [9.17, 15) is 18.4 Å². The summed E-state index contributed by atoms with van der Waals surface area (Å²) in [6.07, 6.45) is 1.28. The first-order chi connectivity index (χ1) is 12.3. The first-order valence-electron chi connectivity index (χ1n) is 7.92. The molecule has 6 heteroatoms. The molecule has 0 aliphatic rings. The van der Waals surface area contributed by atoms with Gasteiger partial charge in [-0.3, -0.25) is 9.59 Å². The number of carbonyl (C=O) groups is 1. The Morgan fingerprint density at radius 1 is 1.08 bits per heavy atom. The van der Waals surface area contributed by atoms with Crippen molar-refractivity contribution in [3.05, 3.63) is 81.7 Å². The molecule has 1 aromatic heterocycles. The van der Waals surface area contributed by atoms with Crippen LogP contribution in [0.25, 0.3) is 16.5 Å². The number of hydrogen-bond acceptors (Lipinski definition) is 2. The molecule has 2 N–H and O–H groups in total. The van der Waals surface area contributed by atoms with Crippen molar-refractivity contribution in [2.75, 3.05) is 5.32 Å². The van der Waals surface area contributed by atoms with Crippen molar-refractivity contribution < 1.29 is 13.6 Å². The van der Waals surface area contributed by atoms with Crippen LogP contribution in [0.15, 0.2) is 53.3 Å². The fourth-order valence-corrected chi connectivity index (χ4v) is 2.84. The minimum atomic E-state index is -0.506. The first-order valence-corrected chi connectivity index (χ1v) is 7.92. The molecular formula is C20H16F2N2O2. The second kappa shape index (κ2) is 6.92. The van der Waals surface area contributed by atoms with Crippen molar-refractivity contribution >= 4 is 28.1 Å². The van der Waals surface area contributed by atoms with Crippen LogP contribution in [0.4, 0.5) is 14.5 Å². The normalized spacial score (nSPS) is 11.6. The van der Waals surface area contributed by atoms with Crippen LogP contribution in [0.2, 0.25) is 0 Å². The number of aromatic nitrogens is 1. The van der Waals surface area contributed by atoms with E-state index in [0.29, 0.717) is 28.0 Å². The van der Waals surface area contributed by atoms with Gasteiger partial charge in [0.2, 0.25) is 5.91 Å². The number of hydrogen-bond donors (Lipinski definition) is 2. The maximum absolute atomic E-state index is 13.5. The van der Waals surface area contributed by atoms with Crippen molar-refractivity contribution in [1.82, 2.24) is 4.98 Å². The van der Waals surface area contributed by atoms with Crippen molar-refractivity contribution in [3.63, 3.8) is 0 Å². The zero-order valence-electron chi connectivity index (χ0n) is 14.2. The molecule has 4 nitrogen and oxygen atoms in total. The van der Waals surface area contributed by atoms with Gasteiger partial charge in [0.1, 0.15) is 11.6 Å². The number of nitrogens with one attached hydrogen (secondary N) is 2. The molecule has 0 bridgehead atoms. The lowest BCUT2D eigenvalue weighted by molar-refractivity contribution is -0.111. The highest BCUT2D eigenvalue weighted by atomic mass is 19.1. The summed E-state index contributed by atoms with van der Waals surface area (Å²) in [7, 11) is 0. The van der Waals surface area contributed by atoms with Crippen LogP contribution in [0.1, 0.15) is 18.2 Å². The average molecular weight is 354 g/mol. The van der Waals surface area contributed by atoms with Crippen LogP contribution in [-0.4, -0.2) is 10.9 Å². The summed E-state index contributed by atoms with van der Waals surface area (Å²) in [4.78, 5) is 27.9. The molecule has 26 heavy (non-hydrogen) atoms. The first kappa shape index (κ1) is 17.5. The molecule has 0 aliphatic carbocycles. The Bertz CT molecular complexity index is 1080. The third-order valence-electron chi connectivity index (χ3n) is 4.00. The Morgan fingerprint density at radius 2 is 1.73 bits per heavy atom. The molecule has 0 spiro atoms. The number of rotatable bonds is 3. The number of carbonyl (C=O) groups excluding carboxylic acids is 1. The van der Waals surface area contributed by atoms with E-state index in [1.807, 2.05) is 0 Å². The molecule has 1 heterocycles. The van der Waals surface area contributed by atoms with Crippen LogP contribution in [-0.2, 0) is 4.79 Å². The molecule has 0 atom stereocenters. The van der Waals surface area contributed by atoms with Gasteiger partial charge in [0.25, 0.3) is 0 Å². The van der Waals surface area contributed by atoms with E-state index in [0.717, 1.165) is 0 Å². The topological polar surface area (TPSA) is 62.0 Å². The van der Waals surface area contributed by atoms with E-state index in [-0.39, 0.29) is 10.8 Å².